The first-order valence-corrected chi connectivity index (χ1v) is 10.3. The number of halogens is 1. The minimum atomic E-state index is -1.41. The van der Waals surface area contributed by atoms with Gasteiger partial charge in [0.1, 0.15) is 29.2 Å². The van der Waals surface area contributed by atoms with Crippen molar-refractivity contribution in [1.29, 1.82) is 0 Å². The van der Waals surface area contributed by atoms with E-state index in [0.717, 1.165) is 6.07 Å². The van der Waals surface area contributed by atoms with Crippen molar-refractivity contribution in [2.24, 2.45) is 0 Å². The number of benzene rings is 2. The molecule has 3 rings (SSSR count). The van der Waals surface area contributed by atoms with Crippen molar-refractivity contribution >= 4 is 28.8 Å². The van der Waals surface area contributed by atoms with Crippen LogP contribution < -0.4 is 21.0 Å². The van der Waals surface area contributed by atoms with E-state index >= 15 is 0 Å². The van der Waals surface area contributed by atoms with Crippen LogP contribution in [0.3, 0.4) is 0 Å². The molecule has 3 aromatic rings. The number of methoxy groups -OCH3 is 1. The summed E-state index contributed by atoms with van der Waals surface area (Å²) in [6.45, 7) is 1.21. The molecule has 2 amide bonds. The van der Waals surface area contributed by atoms with Crippen LogP contribution >= 0.6 is 0 Å². The number of aliphatic carboxylic acids is 1. The first-order valence-electron chi connectivity index (χ1n) is 10.3. The van der Waals surface area contributed by atoms with Crippen molar-refractivity contribution in [3.63, 3.8) is 0 Å². The standard InChI is InChI=1S/C24H23FN2O7/c1-13(28)26-19(9-14-4-3-5-16(25)8-14)23(30)27-20(24(31)32)10-15-11-22(29)34-21-12-17(33-2)6-7-18(15)21/h3-8,11-12,19-20H,9-10H2,1-2H3,(H,26,28)(H,27,30)(H,31,32)/t19-,20-/m0/s1. The second-order valence-electron chi connectivity index (χ2n) is 7.64. The Morgan fingerprint density at radius 1 is 1.06 bits per heavy atom. The quantitative estimate of drug-likeness (QED) is 0.406. The van der Waals surface area contributed by atoms with Crippen molar-refractivity contribution in [3.8, 4) is 5.75 Å². The molecule has 0 bridgehead atoms. The van der Waals surface area contributed by atoms with Crippen LogP contribution in [0.4, 0.5) is 4.39 Å². The van der Waals surface area contributed by atoms with Crippen molar-refractivity contribution in [3.05, 3.63) is 75.9 Å². The maximum absolute atomic E-state index is 13.5. The lowest BCUT2D eigenvalue weighted by atomic mass is 10.0. The van der Waals surface area contributed by atoms with Gasteiger partial charge in [-0.1, -0.05) is 12.1 Å². The molecule has 0 saturated heterocycles. The van der Waals surface area contributed by atoms with E-state index in [0.29, 0.717) is 22.3 Å². The van der Waals surface area contributed by atoms with Crippen LogP contribution in [-0.4, -0.2) is 42.1 Å². The van der Waals surface area contributed by atoms with Gasteiger partial charge < -0.3 is 24.9 Å². The Labute approximate surface area is 193 Å². The maximum atomic E-state index is 13.5. The zero-order valence-electron chi connectivity index (χ0n) is 18.5. The monoisotopic (exact) mass is 470 g/mol. The van der Waals surface area contributed by atoms with Crippen molar-refractivity contribution in [2.75, 3.05) is 7.11 Å². The molecule has 34 heavy (non-hydrogen) atoms. The van der Waals surface area contributed by atoms with Gasteiger partial charge in [-0.25, -0.2) is 14.0 Å². The van der Waals surface area contributed by atoms with Crippen LogP contribution in [0.1, 0.15) is 18.1 Å². The molecule has 0 aliphatic carbocycles. The highest BCUT2D eigenvalue weighted by Gasteiger charge is 2.27. The van der Waals surface area contributed by atoms with E-state index < -0.39 is 41.3 Å². The third kappa shape index (κ3) is 6.18. The Morgan fingerprint density at radius 2 is 1.82 bits per heavy atom. The lowest BCUT2D eigenvalue weighted by molar-refractivity contribution is -0.142. The number of hydrogen-bond donors (Lipinski definition) is 3. The van der Waals surface area contributed by atoms with E-state index in [1.54, 1.807) is 18.2 Å². The third-order valence-corrected chi connectivity index (χ3v) is 5.10. The molecule has 1 heterocycles. The van der Waals surface area contributed by atoms with E-state index in [2.05, 4.69) is 10.6 Å². The number of hydrogen-bond acceptors (Lipinski definition) is 6. The number of nitrogens with one attached hydrogen (secondary N) is 2. The lowest BCUT2D eigenvalue weighted by Crippen LogP contribution is -2.52. The fourth-order valence-corrected chi connectivity index (χ4v) is 3.55. The number of carboxylic acids is 1. The molecule has 0 unspecified atom stereocenters. The summed E-state index contributed by atoms with van der Waals surface area (Å²) in [7, 11) is 1.45. The molecule has 0 radical (unpaired) electrons. The molecule has 178 valence electrons. The van der Waals surface area contributed by atoms with Crippen LogP contribution in [0, 0.1) is 5.82 Å². The first-order chi connectivity index (χ1) is 16.2. The summed E-state index contributed by atoms with van der Waals surface area (Å²) in [5.74, 6) is -2.67. The number of carbonyl (C=O) groups is 3. The zero-order chi connectivity index (χ0) is 24.8. The first kappa shape index (κ1) is 24.4. The largest absolute Gasteiger partial charge is 0.497 e. The predicted octanol–water partition coefficient (Wildman–Crippen LogP) is 1.80. The minimum Gasteiger partial charge on any atom is -0.497 e. The summed E-state index contributed by atoms with van der Waals surface area (Å²) in [4.78, 5) is 48.5. The summed E-state index contributed by atoms with van der Waals surface area (Å²) in [5.41, 5.74) is 0.317. The summed E-state index contributed by atoms with van der Waals surface area (Å²) in [6.07, 6.45) is -0.268. The number of ether oxygens (including phenoxy) is 1. The molecule has 0 aliphatic rings. The Hall–Kier alpha value is -4.21. The van der Waals surface area contributed by atoms with Gasteiger partial charge in [-0.15, -0.1) is 0 Å². The fraction of sp³-hybridized carbons (Fsp3) is 0.250. The van der Waals surface area contributed by atoms with Gasteiger partial charge >= 0.3 is 11.6 Å². The number of carbonyl (C=O) groups excluding carboxylic acids is 2. The predicted molar refractivity (Wildman–Crippen MR) is 120 cm³/mol. The summed E-state index contributed by atoms with van der Waals surface area (Å²) in [6, 6.07) is 8.89. The Bertz CT molecular complexity index is 1290. The normalized spacial score (nSPS) is 12.6. The number of amides is 2. The Morgan fingerprint density at radius 3 is 2.47 bits per heavy atom. The lowest BCUT2D eigenvalue weighted by Gasteiger charge is -2.21. The van der Waals surface area contributed by atoms with E-state index in [-0.39, 0.29) is 18.4 Å². The molecule has 0 fully saturated rings. The maximum Gasteiger partial charge on any atom is 0.336 e. The molecule has 2 atom stereocenters. The van der Waals surface area contributed by atoms with Gasteiger partial charge in [-0.3, -0.25) is 9.59 Å². The summed E-state index contributed by atoms with van der Waals surface area (Å²) in [5, 5.41) is 15.1. The van der Waals surface area contributed by atoms with Crippen LogP contribution in [0.5, 0.6) is 5.75 Å². The van der Waals surface area contributed by atoms with Gasteiger partial charge in [0.25, 0.3) is 0 Å². The van der Waals surface area contributed by atoms with Crippen LogP contribution in [0.25, 0.3) is 11.0 Å². The molecule has 3 N–H and O–H groups in total. The highest BCUT2D eigenvalue weighted by atomic mass is 19.1. The summed E-state index contributed by atoms with van der Waals surface area (Å²) < 4.78 is 23.8. The van der Waals surface area contributed by atoms with Gasteiger partial charge in [0, 0.05) is 37.3 Å². The third-order valence-electron chi connectivity index (χ3n) is 5.10. The van der Waals surface area contributed by atoms with Crippen molar-refractivity contribution in [1.82, 2.24) is 10.6 Å². The van der Waals surface area contributed by atoms with Crippen molar-refractivity contribution in [2.45, 2.75) is 31.8 Å². The zero-order valence-corrected chi connectivity index (χ0v) is 18.5. The van der Waals surface area contributed by atoms with E-state index in [9.17, 15) is 28.7 Å². The molecule has 10 heteroatoms. The van der Waals surface area contributed by atoms with Gasteiger partial charge in [0.2, 0.25) is 11.8 Å². The van der Waals surface area contributed by atoms with E-state index in [1.165, 1.54) is 38.3 Å². The summed E-state index contributed by atoms with van der Waals surface area (Å²) >= 11 is 0. The fourth-order valence-electron chi connectivity index (χ4n) is 3.55. The average molecular weight is 470 g/mol. The Balaban J connectivity index is 1.86. The van der Waals surface area contributed by atoms with Crippen LogP contribution in [0.2, 0.25) is 0 Å². The smallest absolute Gasteiger partial charge is 0.336 e. The highest BCUT2D eigenvalue weighted by Crippen LogP contribution is 2.23. The van der Waals surface area contributed by atoms with E-state index in [4.69, 9.17) is 9.15 Å². The van der Waals surface area contributed by atoms with Gasteiger partial charge in [-0.2, -0.15) is 0 Å². The molecule has 0 saturated carbocycles. The molecular weight excluding hydrogens is 447 g/mol. The topological polar surface area (TPSA) is 135 Å². The second kappa shape index (κ2) is 10.6. The molecular formula is C24H23FN2O7. The van der Waals surface area contributed by atoms with Gasteiger partial charge in [0.15, 0.2) is 0 Å². The van der Waals surface area contributed by atoms with Crippen molar-refractivity contribution < 1.29 is 33.0 Å². The molecule has 2 aromatic carbocycles. The second-order valence-corrected chi connectivity index (χ2v) is 7.64. The minimum absolute atomic E-state index is 0.0484. The molecule has 0 aliphatic heterocycles. The van der Waals surface area contributed by atoms with Crippen LogP contribution in [-0.2, 0) is 27.2 Å². The number of rotatable bonds is 9. The number of fused-ring (bicyclic) bond motifs is 1. The van der Waals surface area contributed by atoms with Gasteiger partial charge in [0.05, 0.1) is 7.11 Å². The van der Waals surface area contributed by atoms with Gasteiger partial charge in [-0.05, 0) is 35.4 Å². The number of carboxylic acid groups (broad SMARTS) is 1. The molecule has 9 nitrogen and oxygen atoms in total. The van der Waals surface area contributed by atoms with Crippen LogP contribution in [0.15, 0.2) is 57.7 Å². The van der Waals surface area contributed by atoms with E-state index in [1.807, 2.05) is 0 Å². The molecule has 0 spiro atoms. The molecule has 1 aromatic heterocycles. The SMILES string of the molecule is COc1ccc2c(C[C@H](NC(=O)[C@H](Cc3cccc(F)c3)NC(C)=O)C(=O)O)cc(=O)oc2c1. The Kier molecular flexibility index (Phi) is 7.62. The highest BCUT2D eigenvalue weighted by molar-refractivity contribution is 5.91. The average Bonchev–Trinajstić information content (AvgIpc) is 2.77.